The molecule has 3 rings (SSSR count). The molecule has 0 radical (unpaired) electrons. The van der Waals surface area contributed by atoms with Crippen molar-refractivity contribution in [3.05, 3.63) is 0 Å². The second-order valence-corrected chi connectivity index (χ2v) is 10.3. The Morgan fingerprint density at radius 1 is 0.778 bits per heavy atom. The van der Waals surface area contributed by atoms with Gasteiger partial charge in [0.25, 0.3) is 8.56 Å². The van der Waals surface area contributed by atoms with Crippen LogP contribution < -0.4 is 0 Å². The Labute approximate surface area is 114 Å². The maximum absolute atomic E-state index is 2.72. The van der Waals surface area contributed by atoms with Gasteiger partial charge in [0.1, 0.15) is 0 Å². The Hall–Kier alpha value is 0.0569. The van der Waals surface area contributed by atoms with Crippen LogP contribution >= 0.6 is 0 Å². The van der Waals surface area contributed by atoms with Crippen molar-refractivity contribution >= 4 is 8.56 Å². The average Bonchev–Trinajstić information content (AvgIpc) is 2.35. The first-order valence-electron chi connectivity index (χ1n) is 7.47. The van der Waals surface area contributed by atoms with E-state index in [1.165, 1.54) is 58.2 Å². The van der Waals surface area contributed by atoms with Gasteiger partial charge >= 0.3 is 0 Å². The standard InChI is InChI=1S/C13H30N4Si/c1-5-6-13-18-14(2)7-10-17(11-8-15(18)3)12-9-16(18)4/h5-13H2,1-4H3. The van der Waals surface area contributed by atoms with Gasteiger partial charge in [-0.1, -0.05) is 19.8 Å². The molecule has 0 atom stereocenters. The smallest absolute Gasteiger partial charge is 0.289 e. The van der Waals surface area contributed by atoms with Gasteiger partial charge in [0, 0.05) is 39.3 Å². The minimum atomic E-state index is -1.59. The molecule has 3 fully saturated rings. The fourth-order valence-electron chi connectivity index (χ4n) is 3.61. The maximum atomic E-state index is 2.72. The second-order valence-electron chi connectivity index (χ2n) is 5.98. The van der Waals surface area contributed by atoms with E-state index in [2.05, 4.69) is 46.7 Å². The minimum absolute atomic E-state index is 1.24. The summed E-state index contributed by atoms with van der Waals surface area (Å²) in [5.74, 6) is 0. The van der Waals surface area contributed by atoms with Crippen molar-refractivity contribution < 1.29 is 0 Å². The Balaban J connectivity index is 2.28. The van der Waals surface area contributed by atoms with Gasteiger partial charge in [-0.3, -0.25) is 4.90 Å². The van der Waals surface area contributed by atoms with Gasteiger partial charge in [0.15, 0.2) is 0 Å². The lowest BCUT2D eigenvalue weighted by Gasteiger charge is -2.55. The van der Waals surface area contributed by atoms with Gasteiger partial charge in [-0.15, -0.1) is 0 Å². The van der Waals surface area contributed by atoms with Crippen molar-refractivity contribution in [3.63, 3.8) is 0 Å². The summed E-state index contributed by atoms with van der Waals surface area (Å²) in [5.41, 5.74) is 0. The van der Waals surface area contributed by atoms with Crippen molar-refractivity contribution in [2.24, 2.45) is 0 Å². The van der Waals surface area contributed by atoms with Crippen LogP contribution in [-0.4, -0.2) is 87.6 Å². The van der Waals surface area contributed by atoms with Crippen molar-refractivity contribution in [2.45, 2.75) is 25.8 Å². The Kier molecular flexibility index (Phi) is 4.83. The Morgan fingerprint density at radius 3 is 1.61 bits per heavy atom. The number of rotatable bonds is 3. The molecular weight excluding hydrogens is 240 g/mol. The zero-order valence-corrected chi connectivity index (χ0v) is 13.7. The molecule has 0 N–H and O–H groups in total. The fraction of sp³-hybridized carbons (Fsp3) is 1.00. The van der Waals surface area contributed by atoms with Crippen LogP contribution in [0.1, 0.15) is 19.8 Å². The van der Waals surface area contributed by atoms with Crippen LogP contribution in [0.5, 0.6) is 0 Å². The van der Waals surface area contributed by atoms with Gasteiger partial charge in [0.2, 0.25) is 0 Å². The van der Waals surface area contributed by atoms with Gasteiger partial charge in [-0.05, 0) is 27.2 Å². The van der Waals surface area contributed by atoms with Crippen LogP contribution in [0.15, 0.2) is 0 Å². The summed E-state index contributed by atoms with van der Waals surface area (Å²) in [4.78, 5) is 2.63. The molecule has 3 saturated heterocycles. The molecular formula is C13H30N4Si. The first kappa shape index (κ1) is 14.5. The summed E-state index contributed by atoms with van der Waals surface area (Å²) >= 11 is 0. The molecule has 3 aliphatic rings. The number of likely N-dealkylation sites (N-methyl/N-ethyl adjacent to an activating group) is 3. The average molecular weight is 270 g/mol. The molecule has 0 amide bonds. The molecule has 106 valence electrons. The van der Waals surface area contributed by atoms with Crippen molar-refractivity contribution in [1.82, 2.24) is 18.6 Å². The zero-order chi connectivity index (χ0) is 13.2. The van der Waals surface area contributed by atoms with Crippen LogP contribution in [0.25, 0.3) is 0 Å². The van der Waals surface area contributed by atoms with Gasteiger partial charge < -0.3 is 13.7 Å². The quantitative estimate of drug-likeness (QED) is 0.705. The fourth-order valence-corrected chi connectivity index (χ4v) is 8.70. The topological polar surface area (TPSA) is 13.0 Å². The monoisotopic (exact) mass is 270 g/mol. The minimum Gasteiger partial charge on any atom is -0.301 e. The third-order valence-corrected chi connectivity index (χ3v) is 10.3. The normalized spacial score (nSPS) is 36.3. The molecule has 0 aromatic heterocycles. The molecule has 0 aromatic carbocycles. The molecule has 0 saturated carbocycles. The first-order valence-corrected chi connectivity index (χ1v) is 9.52. The van der Waals surface area contributed by atoms with Gasteiger partial charge in [0.05, 0.1) is 0 Å². The van der Waals surface area contributed by atoms with Crippen molar-refractivity contribution in [2.75, 3.05) is 60.4 Å². The molecule has 0 unspecified atom stereocenters. The SMILES string of the molecule is CCCC[Si]12N(C)CCN(CCN1C)CCN2C. The van der Waals surface area contributed by atoms with E-state index >= 15 is 0 Å². The molecule has 2 bridgehead atoms. The van der Waals surface area contributed by atoms with Crippen molar-refractivity contribution in [3.8, 4) is 0 Å². The Bertz CT molecular complexity index is 238. The lowest BCUT2D eigenvalue weighted by atomic mass is 10.4. The van der Waals surface area contributed by atoms with Crippen LogP contribution in [-0.2, 0) is 0 Å². The molecule has 4 nitrogen and oxygen atoms in total. The molecule has 3 heterocycles. The summed E-state index contributed by atoms with van der Waals surface area (Å²) in [7, 11) is 5.51. The van der Waals surface area contributed by atoms with Crippen LogP contribution in [0.4, 0.5) is 0 Å². The summed E-state index contributed by atoms with van der Waals surface area (Å²) in [6.45, 7) is 9.83. The zero-order valence-electron chi connectivity index (χ0n) is 12.7. The molecule has 0 aliphatic carbocycles. The number of unbranched alkanes of at least 4 members (excludes halogenated alkanes) is 1. The maximum Gasteiger partial charge on any atom is 0.289 e. The molecule has 0 spiro atoms. The van der Waals surface area contributed by atoms with Gasteiger partial charge in [-0.25, -0.2) is 0 Å². The number of fused-ring (bicyclic) bond motifs is 6. The predicted octanol–water partition coefficient (Wildman–Crippen LogP) is 0.850. The molecule has 3 aliphatic heterocycles. The van der Waals surface area contributed by atoms with Crippen LogP contribution in [0.3, 0.4) is 0 Å². The van der Waals surface area contributed by atoms with E-state index in [-0.39, 0.29) is 0 Å². The summed E-state index contributed by atoms with van der Waals surface area (Å²) in [6, 6.07) is 1.40. The van der Waals surface area contributed by atoms with E-state index in [1.807, 2.05) is 0 Å². The van der Waals surface area contributed by atoms with Crippen molar-refractivity contribution in [1.29, 1.82) is 0 Å². The Morgan fingerprint density at radius 2 is 1.22 bits per heavy atom. The molecule has 18 heavy (non-hydrogen) atoms. The highest BCUT2D eigenvalue weighted by Gasteiger charge is 2.48. The van der Waals surface area contributed by atoms with Crippen LogP contribution in [0.2, 0.25) is 6.04 Å². The summed E-state index contributed by atoms with van der Waals surface area (Å²) < 4.78 is 8.15. The number of nitrogens with zero attached hydrogens (tertiary/aromatic N) is 4. The summed E-state index contributed by atoms with van der Waals surface area (Å²) in [6.07, 6.45) is 2.69. The van der Waals surface area contributed by atoms with E-state index in [4.69, 9.17) is 0 Å². The second kappa shape index (κ2) is 6.01. The number of hydrogen-bond donors (Lipinski definition) is 0. The largest absolute Gasteiger partial charge is 0.301 e. The highest BCUT2D eigenvalue weighted by Crippen LogP contribution is 2.27. The predicted molar refractivity (Wildman–Crippen MR) is 79.8 cm³/mol. The van der Waals surface area contributed by atoms with E-state index in [0.29, 0.717) is 0 Å². The highest BCUT2D eigenvalue weighted by molar-refractivity contribution is 6.71. The van der Waals surface area contributed by atoms with E-state index in [0.717, 1.165) is 0 Å². The highest BCUT2D eigenvalue weighted by atomic mass is 28.4. The van der Waals surface area contributed by atoms with Crippen LogP contribution in [0, 0.1) is 0 Å². The van der Waals surface area contributed by atoms with E-state index < -0.39 is 8.56 Å². The third kappa shape index (κ3) is 2.51. The number of hydrogen-bond acceptors (Lipinski definition) is 4. The van der Waals surface area contributed by atoms with Gasteiger partial charge in [-0.2, -0.15) is 0 Å². The van der Waals surface area contributed by atoms with E-state index in [9.17, 15) is 0 Å². The third-order valence-electron chi connectivity index (χ3n) is 4.95. The summed E-state index contributed by atoms with van der Waals surface area (Å²) in [5, 5.41) is 0. The lowest BCUT2D eigenvalue weighted by molar-refractivity contribution is 0.151. The lowest BCUT2D eigenvalue weighted by Crippen LogP contribution is -2.76. The molecule has 0 aromatic rings. The first-order chi connectivity index (χ1) is 8.61. The molecule has 5 heteroatoms. The van der Waals surface area contributed by atoms with E-state index in [1.54, 1.807) is 0 Å².